The first-order chi connectivity index (χ1) is 10.7. The van der Waals surface area contributed by atoms with Crippen LogP contribution in [0.5, 0.6) is 0 Å². The summed E-state index contributed by atoms with van der Waals surface area (Å²) in [5.41, 5.74) is 3.57. The minimum atomic E-state index is 0.0293. The molecule has 0 radical (unpaired) electrons. The molecular formula is C18H19BrN2O. The Morgan fingerprint density at radius 3 is 2.91 bits per heavy atom. The number of halogens is 1. The van der Waals surface area contributed by atoms with Crippen molar-refractivity contribution in [3.8, 4) is 0 Å². The zero-order chi connectivity index (χ0) is 15.4. The Kier molecular flexibility index (Phi) is 4.78. The van der Waals surface area contributed by atoms with Crippen molar-refractivity contribution in [3.63, 3.8) is 0 Å². The molecular weight excluding hydrogens is 340 g/mol. The number of amides is 1. The van der Waals surface area contributed by atoms with E-state index in [1.165, 1.54) is 11.1 Å². The molecule has 1 aliphatic rings. The van der Waals surface area contributed by atoms with E-state index in [0.717, 1.165) is 29.4 Å². The van der Waals surface area contributed by atoms with E-state index in [4.69, 9.17) is 0 Å². The van der Waals surface area contributed by atoms with Crippen LogP contribution in [0.3, 0.4) is 0 Å². The number of anilines is 1. The van der Waals surface area contributed by atoms with Crippen molar-refractivity contribution in [2.75, 3.05) is 11.9 Å². The Bertz CT molecular complexity index is 672. The molecule has 0 fully saturated rings. The number of rotatable bonds is 4. The summed E-state index contributed by atoms with van der Waals surface area (Å²) >= 11 is 3.43. The van der Waals surface area contributed by atoms with E-state index in [9.17, 15) is 4.79 Å². The van der Waals surface area contributed by atoms with Crippen LogP contribution in [0, 0.1) is 0 Å². The molecule has 1 unspecified atom stereocenters. The maximum Gasteiger partial charge on any atom is 0.239 e. The predicted octanol–water partition coefficient (Wildman–Crippen LogP) is 4.05. The fourth-order valence-electron chi connectivity index (χ4n) is 2.93. The van der Waals surface area contributed by atoms with E-state index in [0.29, 0.717) is 0 Å². The summed E-state index contributed by atoms with van der Waals surface area (Å²) in [5.74, 6) is 0.0293. The van der Waals surface area contributed by atoms with E-state index in [1.807, 2.05) is 30.3 Å². The van der Waals surface area contributed by atoms with Gasteiger partial charge in [-0.1, -0.05) is 46.3 Å². The number of hydrogen-bond acceptors (Lipinski definition) is 2. The zero-order valence-electron chi connectivity index (χ0n) is 12.3. The van der Waals surface area contributed by atoms with Crippen molar-refractivity contribution in [3.05, 3.63) is 64.1 Å². The van der Waals surface area contributed by atoms with Crippen LogP contribution in [0.25, 0.3) is 0 Å². The second-order valence-electron chi connectivity index (χ2n) is 5.58. The molecule has 1 atom stereocenters. The Morgan fingerprint density at radius 2 is 2.05 bits per heavy atom. The Balaban J connectivity index is 1.59. The molecule has 114 valence electrons. The summed E-state index contributed by atoms with van der Waals surface area (Å²) in [5, 5.41) is 6.30. The number of aryl methyl sites for hydroxylation is 1. The molecule has 0 bridgehead atoms. The number of nitrogens with one attached hydrogen (secondary N) is 2. The van der Waals surface area contributed by atoms with Crippen molar-refractivity contribution in [1.82, 2.24) is 5.32 Å². The molecule has 3 rings (SSSR count). The Hall–Kier alpha value is -1.81. The van der Waals surface area contributed by atoms with E-state index >= 15 is 0 Å². The van der Waals surface area contributed by atoms with E-state index in [-0.39, 0.29) is 18.5 Å². The molecule has 1 amide bonds. The van der Waals surface area contributed by atoms with E-state index in [2.05, 4.69) is 44.8 Å². The van der Waals surface area contributed by atoms with Gasteiger partial charge < -0.3 is 10.6 Å². The maximum absolute atomic E-state index is 12.2. The van der Waals surface area contributed by atoms with Gasteiger partial charge in [0.05, 0.1) is 12.6 Å². The minimum absolute atomic E-state index is 0.0293. The van der Waals surface area contributed by atoms with Gasteiger partial charge in [0.25, 0.3) is 0 Å². The van der Waals surface area contributed by atoms with Gasteiger partial charge in [0.15, 0.2) is 0 Å². The van der Waals surface area contributed by atoms with Gasteiger partial charge in [0, 0.05) is 10.2 Å². The molecule has 3 nitrogen and oxygen atoms in total. The second-order valence-corrected chi connectivity index (χ2v) is 6.49. The van der Waals surface area contributed by atoms with Gasteiger partial charge in [-0.3, -0.25) is 4.79 Å². The van der Waals surface area contributed by atoms with Crippen molar-refractivity contribution in [1.29, 1.82) is 0 Å². The van der Waals surface area contributed by atoms with Gasteiger partial charge in [0.1, 0.15) is 0 Å². The highest BCUT2D eigenvalue weighted by Crippen LogP contribution is 2.29. The highest BCUT2D eigenvalue weighted by atomic mass is 79.9. The Labute approximate surface area is 139 Å². The molecule has 4 heteroatoms. The zero-order valence-corrected chi connectivity index (χ0v) is 13.9. The number of benzene rings is 2. The number of hydrogen-bond donors (Lipinski definition) is 2. The number of fused-ring (bicyclic) bond motifs is 1. The average Bonchev–Trinajstić information content (AvgIpc) is 2.53. The molecule has 0 aliphatic heterocycles. The lowest BCUT2D eigenvalue weighted by atomic mass is 9.88. The lowest BCUT2D eigenvalue weighted by molar-refractivity contribution is -0.120. The van der Waals surface area contributed by atoms with Crippen molar-refractivity contribution < 1.29 is 4.79 Å². The van der Waals surface area contributed by atoms with Gasteiger partial charge in [-0.25, -0.2) is 0 Å². The average molecular weight is 359 g/mol. The van der Waals surface area contributed by atoms with Crippen LogP contribution in [0.2, 0.25) is 0 Å². The summed E-state index contributed by atoms with van der Waals surface area (Å²) in [4.78, 5) is 12.2. The summed E-state index contributed by atoms with van der Waals surface area (Å²) in [6, 6.07) is 16.4. The third-order valence-corrected chi connectivity index (χ3v) is 4.48. The molecule has 0 saturated heterocycles. The maximum atomic E-state index is 12.2. The van der Waals surface area contributed by atoms with Crippen LogP contribution in [0.1, 0.15) is 30.0 Å². The number of carbonyl (C=O) groups excluding carboxylic acids is 1. The standard InChI is InChI=1S/C18H19BrN2O/c19-14-7-4-8-15(11-14)20-12-18(22)21-17-10-3-6-13-5-1-2-9-16(13)17/h1-2,4-5,7-9,11,17,20H,3,6,10,12H2,(H,21,22). The molecule has 22 heavy (non-hydrogen) atoms. The molecule has 2 aromatic rings. The fourth-order valence-corrected chi connectivity index (χ4v) is 3.33. The van der Waals surface area contributed by atoms with E-state index < -0.39 is 0 Å². The largest absolute Gasteiger partial charge is 0.376 e. The van der Waals surface area contributed by atoms with Crippen molar-refractivity contribution >= 4 is 27.5 Å². The summed E-state index contributed by atoms with van der Waals surface area (Å²) < 4.78 is 0.999. The van der Waals surface area contributed by atoms with Gasteiger partial charge in [0.2, 0.25) is 5.91 Å². The SMILES string of the molecule is O=C(CNc1cccc(Br)c1)NC1CCCc2ccccc21. The van der Waals surface area contributed by atoms with Crippen LogP contribution in [0.4, 0.5) is 5.69 Å². The lowest BCUT2D eigenvalue weighted by Gasteiger charge is -2.26. The number of carbonyl (C=O) groups is 1. The van der Waals surface area contributed by atoms with Crippen molar-refractivity contribution in [2.45, 2.75) is 25.3 Å². The third kappa shape index (κ3) is 3.69. The van der Waals surface area contributed by atoms with Crippen LogP contribution < -0.4 is 10.6 Å². The quantitative estimate of drug-likeness (QED) is 0.865. The highest BCUT2D eigenvalue weighted by Gasteiger charge is 2.20. The predicted molar refractivity (Wildman–Crippen MR) is 92.9 cm³/mol. The van der Waals surface area contributed by atoms with Crippen LogP contribution in [0.15, 0.2) is 53.0 Å². The minimum Gasteiger partial charge on any atom is -0.376 e. The first kappa shape index (κ1) is 15.1. The van der Waals surface area contributed by atoms with Gasteiger partial charge >= 0.3 is 0 Å². The summed E-state index contributed by atoms with van der Waals surface area (Å²) in [6.07, 6.45) is 3.25. The summed E-state index contributed by atoms with van der Waals surface area (Å²) in [6.45, 7) is 0.287. The summed E-state index contributed by atoms with van der Waals surface area (Å²) in [7, 11) is 0. The highest BCUT2D eigenvalue weighted by molar-refractivity contribution is 9.10. The molecule has 2 aromatic carbocycles. The molecule has 0 spiro atoms. The first-order valence-electron chi connectivity index (χ1n) is 7.59. The first-order valence-corrected chi connectivity index (χ1v) is 8.38. The van der Waals surface area contributed by atoms with Crippen LogP contribution in [-0.2, 0) is 11.2 Å². The molecule has 0 saturated carbocycles. The van der Waals surface area contributed by atoms with Crippen LogP contribution in [-0.4, -0.2) is 12.5 Å². The van der Waals surface area contributed by atoms with Gasteiger partial charge in [-0.05, 0) is 48.6 Å². The fraction of sp³-hybridized carbons (Fsp3) is 0.278. The topological polar surface area (TPSA) is 41.1 Å². The Morgan fingerprint density at radius 1 is 1.18 bits per heavy atom. The van der Waals surface area contributed by atoms with Crippen molar-refractivity contribution in [2.24, 2.45) is 0 Å². The monoisotopic (exact) mass is 358 g/mol. The van der Waals surface area contributed by atoms with Crippen LogP contribution >= 0.6 is 15.9 Å². The molecule has 0 heterocycles. The lowest BCUT2D eigenvalue weighted by Crippen LogP contribution is -2.35. The van der Waals surface area contributed by atoms with E-state index in [1.54, 1.807) is 0 Å². The third-order valence-electron chi connectivity index (χ3n) is 3.98. The molecule has 1 aliphatic carbocycles. The normalized spacial score (nSPS) is 16.7. The van der Waals surface area contributed by atoms with Gasteiger partial charge in [-0.2, -0.15) is 0 Å². The molecule has 0 aromatic heterocycles. The smallest absolute Gasteiger partial charge is 0.239 e. The van der Waals surface area contributed by atoms with Gasteiger partial charge in [-0.15, -0.1) is 0 Å². The molecule has 2 N–H and O–H groups in total. The second kappa shape index (κ2) is 6.97.